The van der Waals surface area contributed by atoms with Gasteiger partial charge in [0.15, 0.2) is 0 Å². The highest BCUT2D eigenvalue weighted by molar-refractivity contribution is 9.10. The first-order valence-electron chi connectivity index (χ1n) is 9.31. The van der Waals surface area contributed by atoms with Crippen molar-refractivity contribution in [3.05, 3.63) is 58.2 Å². The Kier molecular flexibility index (Phi) is 9.78. The summed E-state index contributed by atoms with van der Waals surface area (Å²) >= 11 is 5.09. The molecule has 0 radical (unpaired) electrons. The average Bonchev–Trinajstić information content (AvgIpc) is 2.66. The van der Waals surface area contributed by atoms with Gasteiger partial charge in [0.1, 0.15) is 5.03 Å². The van der Waals surface area contributed by atoms with E-state index >= 15 is 0 Å². The van der Waals surface area contributed by atoms with Crippen LogP contribution in [-0.4, -0.2) is 17.4 Å². The van der Waals surface area contributed by atoms with Crippen LogP contribution in [0.1, 0.15) is 61.4 Å². The Labute approximate surface area is 169 Å². The number of rotatable bonds is 11. The number of carbonyl (C=O) groups is 1. The largest absolute Gasteiger partial charge is 0.352 e. The van der Waals surface area contributed by atoms with E-state index in [2.05, 4.69) is 45.3 Å². The molecule has 0 spiro atoms. The van der Waals surface area contributed by atoms with Crippen LogP contribution < -0.4 is 5.32 Å². The molecule has 0 fully saturated rings. The molecule has 3 nitrogen and oxygen atoms in total. The zero-order valence-electron chi connectivity index (χ0n) is 15.3. The molecule has 1 amide bonds. The third-order valence-corrected chi connectivity index (χ3v) is 5.67. The fourth-order valence-corrected chi connectivity index (χ4v) is 4.04. The van der Waals surface area contributed by atoms with Crippen molar-refractivity contribution in [2.24, 2.45) is 0 Å². The van der Waals surface area contributed by atoms with Gasteiger partial charge in [-0.25, -0.2) is 4.98 Å². The van der Waals surface area contributed by atoms with E-state index in [4.69, 9.17) is 0 Å². The van der Waals surface area contributed by atoms with E-state index < -0.39 is 0 Å². The number of thioether (sulfide) groups is 1. The van der Waals surface area contributed by atoms with Crippen LogP contribution in [0.4, 0.5) is 0 Å². The molecule has 1 aromatic carbocycles. The molecule has 0 atom stereocenters. The van der Waals surface area contributed by atoms with Gasteiger partial charge in [-0.1, -0.05) is 67.1 Å². The van der Waals surface area contributed by atoms with E-state index in [-0.39, 0.29) is 5.91 Å². The summed E-state index contributed by atoms with van der Waals surface area (Å²) in [5.74, 6) is 0.761. The van der Waals surface area contributed by atoms with Crippen molar-refractivity contribution in [2.75, 3.05) is 6.54 Å². The van der Waals surface area contributed by atoms with Gasteiger partial charge < -0.3 is 5.32 Å². The van der Waals surface area contributed by atoms with Gasteiger partial charge in [0.05, 0.1) is 5.56 Å². The van der Waals surface area contributed by atoms with Crippen LogP contribution >= 0.6 is 27.7 Å². The second kappa shape index (κ2) is 12.1. The second-order valence-corrected chi connectivity index (χ2v) is 8.18. The molecule has 0 aliphatic rings. The van der Waals surface area contributed by atoms with Crippen molar-refractivity contribution in [2.45, 2.75) is 56.2 Å². The number of halogens is 1. The summed E-state index contributed by atoms with van der Waals surface area (Å²) in [4.78, 5) is 16.9. The minimum absolute atomic E-state index is 0.0246. The van der Waals surface area contributed by atoms with Gasteiger partial charge in [-0.05, 0) is 36.2 Å². The van der Waals surface area contributed by atoms with Crippen LogP contribution in [0.15, 0.2) is 52.1 Å². The molecule has 1 aromatic heterocycles. The highest BCUT2D eigenvalue weighted by atomic mass is 79.9. The summed E-state index contributed by atoms with van der Waals surface area (Å²) < 4.78 is 1.06. The Bertz CT molecular complexity index is 693. The number of amides is 1. The summed E-state index contributed by atoms with van der Waals surface area (Å²) in [7, 11) is 0. The molecule has 0 saturated heterocycles. The Morgan fingerprint density at radius 1 is 1.12 bits per heavy atom. The van der Waals surface area contributed by atoms with Crippen LogP contribution in [0.5, 0.6) is 0 Å². The smallest absolute Gasteiger partial charge is 0.254 e. The van der Waals surface area contributed by atoms with Gasteiger partial charge in [-0.2, -0.15) is 0 Å². The van der Waals surface area contributed by atoms with Crippen molar-refractivity contribution < 1.29 is 4.79 Å². The standard InChI is InChI=1S/C21H27BrN2OS/c1-2-3-4-5-6-7-13-23-20(25)19-12-9-14-24-21(19)26-16-17-10-8-11-18(22)15-17/h8-12,14-15H,2-7,13,16H2,1H3,(H,23,25). The summed E-state index contributed by atoms with van der Waals surface area (Å²) in [5, 5.41) is 3.82. The van der Waals surface area contributed by atoms with Crippen molar-refractivity contribution >= 4 is 33.6 Å². The van der Waals surface area contributed by atoms with E-state index in [0.717, 1.165) is 28.2 Å². The number of nitrogens with zero attached hydrogens (tertiary/aromatic N) is 1. The third kappa shape index (κ3) is 7.50. The second-order valence-electron chi connectivity index (χ2n) is 6.30. The van der Waals surface area contributed by atoms with Gasteiger partial charge in [-0.15, -0.1) is 11.8 Å². The fraction of sp³-hybridized carbons (Fsp3) is 0.429. The molecular weight excluding hydrogens is 408 g/mol. The van der Waals surface area contributed by atoms with Crippen LogP contribution in [0, 0.1) is 0 Å². The molecule has 2 aromatic rings. The molecule has 0 unspecified atom stereocenters. The van der Waals surface area contributed by atoms with E-state index in [1.165, 1.54) is 37.7 Å². The third-order valence-electron chi connectivity index (χ3n) is 4.10. The van der Waals surface area contributed by atoms with Crippen molar-refractivity contribution in [1.82, 2.24) is 10.3 Å². The molecule has 2 rings (SSSR count). The molecule has 5 heteroatoms. The molecule has 140 valence electrons. The molecule has 1 heterocycles. The Morgan fingerprint density at radius 3 is 2.73 bits per heavy atom. The van der Waals surface area contributed by atoms with E-state index in [9.17, 15) is 4.79 Å². The lowest BCUT2D eigenvalue weighted by Gasteiger charge is -2.09. The van der Waals surface area contributed by atoms with Gasteiger partial charge in [0, 0.05) is 23.0 Å². The summed E-state index contributed by atoms with van der Waals surface area (Å²) in [5.41, 5.74) is 1.87. The Balaban J connectivity index is 1.82. The van der Waals surface area contributed by atoms with Crippen molar-refractivity contribution in [1.29, 1.82) is 0 Å². The zero-order valence-corrected chi connectivity index (χ0v) is 17.7. The molecular formula is C21H27BrN2OS. The maximum absolute atomic E-state index is 12.5. The topological polar surface area (TPSA) is 42.0 Å². The van der Waals surface area contributed by atoms with Gasteiger partial charge >= 0.3 is 0 Å². The van der Waals surface area contributed by atoms with E-state index in [0.29, 0.717) is 5.56 Å². The normalized spacial score (nSPS) is 10.7. The molecule has 0 bridgehead atoms. The number of unbranched alkanes of at least 4 members (excludes halogenated alkanes) is 5. The van der Waals surface area contributed by atoms with Gasteiger partial charge in [0.2, 0.25) is 0 Å². The van der Waals surface area contributed by atoms with Crippen LogP contribution in [0.25, 0.3) is 0 Å². The highest BCUT2D eigenvalue weighted by Gasteiger charge is 2.12. The number of pyridine rings is 1. The Morgan fingerprint density at radius 2 is 1.92 bits per heavy atom. The SMILES string of the molecule is CCCCCCCCNC(=O)c1cccnc1SCc1cccc(Br)c1. The van der Waals surface area contributed by atoms with E-state index in [1.807, 2.05) is 24.3 Å². The summed E-state index contributed by atoms with van der Waals surface area (Å²) in [6.45, 7) is 2.95. The average molecular weight is 435 g/mol. The number of hydrogen-bond acceptors (Lipinski definition) is 3. The van der Waals surface area contributed by atoms with Gasteiger partial charge in [-0.3, -0.25) is 4.79 Å². The van der Waals surface area contributed by atoms with Crippen LogP contribution in [0.3, 0.4) is 0 Å². The first-order chi connectivity index (χ1) is 12.7. The van der Waals surface area contributed by atoms with Crippen molar-refractivity contribution in [3.8, 4) is 0 Å². The van der Waals surface area contributed by atoms with Crippen LogP contribution in [0.2, 0.25) is 0 Å². The molecule has 26 heavy (non-hydrogen) atoms. The minimum Gasteiger partial charge on any atom is -0.352 e. The Hall–Kier alpha value is -1.33. The maximum Gasteiger partial charge on any atom is 0.254 e. The predicted octanol–water partition coefficient (Wildman–Crippen LogP) is 6.23. The zero-order chi connectivity index (χ0) is 18.6. The lowest BCUT2D eigenvalue weighted by molar-refractivity contribution is 0.0949. The lowest BCUT2D eigenvalue weighted by Crippen LogP contribution is -2.25. The summed E-state index contributed by atoms with van der Waals surface area (Å²) in [6, 6.07) is 11.9. The predicted molar refractivity (Wildman–Crippen MR) is 114 cm³/mol. The van der Waals surface area contributed by atoms with Gasteiger partial charge in [0.25, 0.3) is 5.91 Å². The number of carbonyl (C=O) groups excluding carboxylic acids is 1. The number of hydrogen-bond donors (Lipinski definition) is 1. The monoisotopic (exact) mass is 434 g/mol. The minimum atomic E-state index is -0.0246. The summed E-state index contributed by atoms with van der Waals surface area (Å²) in [6.07, 6.45) is 9.08. The quantitative estimate of drug-likeness (QED) is 0.336. The highest BCUT2D eigenvalue weighted by Crippen LogP contribution is 2.25. The van der Waals surface area contributed by atoms with E-state index in [1.54, 1.807) is 18.0 Å². The molecule has 1 N–H and O–H groups in total. The lowest BCUT2D eigenvalue weighted by atomic mass is 10.1. The molecule has 0 aliphatic carbocycles. The first kappa shape index (κ1) is 21.0. The molecule has 0 aliphatic heterocycles. The fourth-order valence-electron chi connectivity index (χ4n) is 2.66. The number of aromatic nitrogens is 1. The molecule has 0 saturated carbocycles. The first-order valence-corrected chi connectivity index (χ1v) is 11.1. The maximum atomic E-state index is 12.5. The van der Waals surface area contributed by atoms with Crippen LogP contribution in [-0.2, 0) is 5.75 Å². The number of benzene rings is 1. The number of nitrogens with one attached hydrogen (secondary N) is 1. The van der Waals surface area contributed by atoms with Crippen molar-refractivity contribution in [3.63, 3.8) is 0 Å².